The molecule has 0 fully saturated rings. The first-order valence-corrected chi connectivity index (χ1v) is 14.2. The molecule has 2 rings (SSSR count). The van der Waals surface area contributed by atoms with Crippen LogP contribution in [-0.2, 0) is 0 Å². The van der Waals surface area contributed by atoms with Crippen LogP contribution in [0.3, 0.4) is 0 Å². The standard InChI is InChI=1S/C4H4N6S8/c1-5-3(9-7-1)11-13-15-17-18-16-14-12-4-6-2-8-10-4/h1-2H,(H,5,7,9)(H,6,8,10). The molecule has 0 radical (unpaired) electrons. The molecule has 0 saturated carbocycles. The van der Waals surface area contributed by atoms with Gasteiger partial charge in [-0.05, 0) is 80.5 Å². The molecule has 2 N–H and O–H groups in total. The highest BCUT2D eigenvalue weighted by Crippen LogP contribution is 2.58. The quantitative estimate of drug-likeness (QED) is 0.461. The van der Waals surface area contributed by atoms with E-state index in [1.54, 1.807) is 80.5 Å². The Labute approximate surface area is 133 Å². The second kappa shape index (κ2) is 9.90. The van der Waals surface area contributed by atoms with Crippen LogP contribution in [0.25, 0.3) is 0 Å². The second-order valence-corrected chi connectivity index (χ2v) is 14.9. The van der Waals surface area contributed by atoms with Gasteiger partial charge in [0.2, 0.25) is 0 Å². The zero-order valence-electron chi connectivity index (χ0n) is 8.21. The largest absolute Gasteiger partial charge is 0.254 e. The zero-order valence-corrected chi connectivity index (χ0v) is 14.7. The van der Waals surface area contributed by atoms with Crippen LogP contribution in [0, 0.1) is 0 Å². The van der Waals surface area contributed by atoms with Gasteiger partial charge in [0, 0.05) is 0 Å². The predicted octanol–water partition coefficient (Wildman–Crippen LogP) is 4.61. The molecular weight excluding hydrogens is 389 g/mol. The molecule has 0 amide bonds. The van der Waals surface area contributed by atoms with E-state index in [-0.39, 0.29) is 0 Å². The summed E-state index contributed by atoms with van der Waals surface area (Å²) in [6.45, 7) is 0. The van der Waals surface area contributed by atoms with E-state index in [4.69, 9.17) is 0 Å². The van der Waals surface area contributed by atoms with Gasteiger partial charge in [0.25, 0.3) is 0 Å². The van der Waals surface area contributed by atoms with Crippen molar-refractivity contribution in [2.75, 3.05) is 0 Å². The third kappa shape index (κ3) is 6.49. The Hall–Kier alpha value is 1.08. The summed E-state index contributed by atoms with van der Waals surface area (Å²) in [6, 6.07) is 0. The van der Waals surface area contributed by atoms with Crippen molar-refractivity contribution in [1.82, 2.24) is 30.4 Å². The van der Waals surface area contributed by atoms with E-state index in [1.165, 1.54) is 12.7 Å². The van der Waals surface area contributed by atoms with E-state index in [0.717, 1.165) is 10.3 Å². The van der Waals surface area contributed by atoms with Gasteiger partial charge in [-0.1, -0.05) is 0 Å². The van der Waals surface area contributed by atoms with Crippen molar-refractivity contribution in [3.8, 4) is 0 Å². The highest BCUT2D eigenvalue weighted by molar-refractivity contribution is 9.48. The Bertz CT molecular complexity index is 365. The fourth-order valence-corrected chi connectivity index (χ4v) is 16.3. The highest BCUT2D eigenvalue weighted by Gasteiger charge is 2.01. The van der Waals surface area contributed by atoms with Crippen molar-refractivity contribution in [1.29, 1.82) is 0 Å². The summed E-state index contributed by atoms with van der Waals surface area (Å²) in [7, 11) is 13.2. The van der Waals surface area contributed by atoms with Gasteiger partial charge >= 0.3 is 0 Å². The molecule has 0 aliphatic carbocycles. The Kier molecular flexibility index (Phi) is 8.51. The SMILES string of the molecule is c1n[nH]c(SSSSSSSSc2ncn[nH]2)n1. The third-order valence-corrected chi connectivity index (χ3v) is 15.7. The molecule has 0 aromatic carbocycles. The monoisotopic (exact) mass is 392 g/mol. The molecule has 0 unspecified atom stereocenters. The number of nitrogens with one attached hydrogen (secondary N) is 2. The number of H-pyrrole nitrogens is 2. The van der Waals surface area contributed by atoms with E-state index in [1.807, 2.05) is 0 Å². The molecule has 2 heterocycles. The van der Waals surface area contributed by atoms with Gasteiger partial charge in [-0.15, -0.1) is 0 Å². The summed E-state index contributed by atoms with van der Waals surface area (Å²) in [4.78, 5) is 8.02. The van der Waals surface area contributed by atoms with Gasteiger partial charge in [0.05, 0.1) is 0 Å². The predicted molar refractivity (Wildman–Crippen MR) is 90.0 cm³/mol. The minimum Gasteiger partial charge on any atom is -0.254 e. The van der Waals surface area contributed by atoms with Crippen molar-refractivity contribution in [3.63, 3.8) is 0 Å². The van der Waals surface area contributed by atoms with Gasteiger partial charge in [0.15, 0.2) is 10.3 Å². The summed E-state index contributed by atoms with van der Waals surface area (Å²) in [6.07, 6.45) is 3.01. The fourth-order valence-electron chi connectivity index (χ4n) is 0.606. The van der Waals surface area contributed by atoms with E-state index >= 15 is 0 Å². The van der Waals surface area contributed by atoms with Crippen molar-refractivity contribution in [2.24, 2.45) is 0 Å². The van der Waals surface area contributed by atoms with Gasteiger partial charge in [-0.25, -0.2) is 9.97 Å². The number of nitrogens with zero attached hydrogens (tertiary/aromatic N) is 4. The molecule has 14 heteroatoms. The number of aromatic amines is 2. The van der Waals surface area contributed by atoms with Gasteiger partial charge in [-0.3, -0.25) is 10.2 Å². The van der Waals surface area contributed by atoms with E-state index in [0.29, 0.717) is 0 Å². The van der Waals surface area contributed by atoms with Crippen LogP contribution in [0.4, 0.5) is 0 Å². The molecule has 6 nitrogen and oxygen atoms in total. The van der Waals surface area contributed by atoms with Crippen molar-refractivity contribution >= 4 is 80.5 Å². The first-order valence-electron chi connectivity index (χ1n) is 4.00. The third-order valence-electron chi connectivity index (χ3n) is 1.15. The number of aromatic nitrogens is 6. The zero-order chi connectivity index (χ0) is 12.5. The molecule has 2 aromatic heterocycles. The summed E-state index contributed by atoms with van der Waals surface area (Å²) in [5.41, 5.74) is 0. The minimum atomic E-state index is 0.820. The van der Waals surface area contributed by atoms with E-state index < -0.39 is 0 Å². The average Bonchev–Trinajstić information content (AvgIpc) is 3.05. The van der Waals surface area contributed by atoms with Crippen LogP contribution in [0.15, 0.2) is 23.0 Å². The average molecular weight is 393 g/mol. The molecule has 0 aliphatic rings. The topological polar surface area (TPSA) is 83.1 Å². The number of hydrogen-bond donors (Lipinski definition) is 2. The van der Waals surface area contributed by atoms with Crippen LogP contribution in [0.2, 0.25) is 0 Å². The molecule has 0 bridgehead atoms. The lowest BCUT2D eigenvalue weighted by molar-refractivity contribution is 0.979. The summed E-state index contributed by atoms with van der Waals surface area (Å²) < 4.78 is 0. The van der Waals surface area contributed by atoms with Crippen molar-refractivity contribution < 1.29 is 0 Å². The summed E-state index contributed by atoms with van der Waals surface area (Å²) in [5, 5.41) is 14.8. The Balaban J connectivity index is 1.40. The van der Waals surface area contributed by atoms with Gasteiger partial charge in [0.1, 0.15) is 12.7 Å². The maximum Gasteiger partial charge on any atom is 0.195 e. The molecular formula is C4H4N6S8. The lowest BCUT2D eigenvalue weighted by atomic mass is 11.3. The molecule has 98 valence electrons. The van der Waals surface area contributed by atoms with Crippen molar-refractivity contribution in [2.45, 2.75) is 10.3 Å². The van der Waals surface area contributed by atoms with Crippen molar-refractivity contribution in [3.05, 3.63) is 12.7 Å². The Morgan fingerprint density at radius 1 is 0.667 bits per heavy atom. The van der Waals surface area contributed by atoms with Crippen LogP contribution < -0.4 is 0 Å². The Morgan fingerprint density at radius 2 is 1.11 bits per heavy atom. The molecule has 0 spiro atoms. The molecule has 18 heavy (non-hydrogen) atoms. The smallest absolute Gasteiger partial charge is 0.195 e. The van der Waals surface area contributed by atoms with Crippen LogP contribution in [0.5, 0.6) is 0 Å². The molecule has 0 aliphatic heterocycles. The van der Waals surface area contributed by atoms with Gasteiger partial charge in [-0.2, -0.15) is 10.2 Å². The fraction of sp³-hybridized carbons (Fsp3) is 0. The van der Waals surface area contributed by atoms with Crippen LogP contribution in [-0.4, -0.2) is 30.4 Å². The first-order chi connectivity index (χ1) is 8.95. The maximum atomic E-state index is 4.01. The number of rotatable bonds is 9. The summed E-state index contributed by atoms with van der Waals surface area (Å²) >= 11 is 0. The van der Waals surface area contributed by atoms with Crippen LogP contribution >= 0.6 is 80.5 Å². The van der Waals surface area contributed by atoms with Gasteiger partial charge < -0.3 is 0 Å². The lowest BCUT2D eigenvalue weighted by Gasteiger charge is -1.96. The lowest BCUT2D eigenvalue weighted by Crippen LogP contribution is -1.67. The van der Waals surface area contributed by atoms with Crippen LogP contribution in [0.1, 0.15) is 0 Å². The minimum absolute atomic E-state index is 0.820. The molecule has 0 saturated heterocycles. The molecule has 0 atom stereocenters. The number of hydrogen-bond acceptors (Lipinski definition) is 12. The van der Waals surface area contributed by atoms with E-state index in [2.05, 4.69) is 30.4 Å². The second-order valence-electron chi connectivity index (χ2n) is 2.16. The highest BCUT2D eigenvalue weighted by atomic mass is 34.0. The Morgan fingerprint density at radius 3 is 1.50 bits per heavy atom. The first kappa shape index (κ1) is 15.5. The summed E-state index contributed by atoms with van der Waals surface area (Å²) in [5.74, 6) is 0. The normalized spacial score (nSPS) is 10.9. The van der Waals surface area contributed by atoms with E-state index in [9.17, 15) is 0 Å². The maximum absolute atomic E-state index is 4.01. The molecule has 2 aromatic rings.